The van der Waals surface area contributed by atoms with Gasteiger partial charge in [-0.15, -0.1) is 0 Å². The number of benzene rings is 1. The predicted octanol–water partition coefficient (Wildman–Crippen LogP) is 3.02. The first kappa shape index (κ1) is 22.7. The predicted molar refractivity (Wildman–Crippen MR) is 121 cm³/mol. The largest absolute Gasteiger partial charge is 0.491 e. The molecule has 3 rings (SSSR count). The fraction of sp³-hybridized carbons (Fsp3) is 0.636. The molecule has 0 atom stereocenters. The van der Waals surface area contributed by atoms with Crippen LogP contribution in [-0.2, 0) is 11.3 Å². The minimum Gasteiger partial charge on any atom is -0.491 e. The Kier molecular flexibility index (Phi) is 8.66. The lowest BCUT2D eigenvalue weighted by molar-refractivity contribution is -0.136. The first-order valence-corrected chi connectivity index (χ1v) is 12.0. The molecule has 2 N–H and O–H groups in total. The lowest BCUT2D eigenvalue weighted by atomic mass is 9.85. The summed E-state index contributed by atoms with van der Waals surface area (Å²) in [5.74, 6) is 3.24. The summed E-state index contributed by atoms with van der Waals surface area (Å²) in [6, 6.07) is 5.30. The molecule has 166 valence electrons. The van der Waals surface area contributed by atoms with Crippen LogP contribution in [0.4, 0.5) is 4.39 Å². The Labute approximate surface area is 183 Å². The van der Waals surface area contributed by atoms with Gasteiger partial charge in [-0.3, -0.25) is 9.79 Å². The summed E-state index contributed by atoms with van der Waals surface area (Å²) in [6.45, 7) is 4.54. The average Bonchev–Trinajstić information content (AvgIpc) is 2.79. The van der Waals surface area contributed by atoms with E-state index in [0.29, 0.717) is 31.1 Å². The molecule has 0 unspecified atom stereocenters. The van der Waals surface area contributed by atoms with Crippen molar-refractivity contribution in [3.8, 4) is 5.75 Å². The number of nitrogens with one attached hydrogen (secondary N) is 2. The van der Waals surface area contributed by atoms with Crippen LogP contribution in [0, 0.1) is 11.7 Å². The van der Waals surface area contributed by atoms with Gasteiger partial charge in [-0.2, -0.15) is 11.8 Å². The highest BCUT2D eigenvalue weighted by atomic mass is 32.2. The molecule has 8 heteroatoms. The van der Waals surface area contributed by atoms with E-state index in [0.717, 1.165) is 55.8 Å². The van der Waals surface area contributed by atoms with Crippen LogP contribution < -0.4 is 15.4 Å². The Morgan fingerprint density at radius 1 is 1.27 bits per heavy atom. The number of nitrogens with zero attached hydrogens (tertiary/aromatic N) is 2. The normalized spacial score (nSPS) is 22.5. The van der Waals surface area contributed by atoms with E-state index in [-0.39, 0.29) is 17.5 Å². The van der Waals surface area contributed by atoms with Gasteiger partial charge in [0.15, 0.2) is 17.5 Å². The Morgan fingerprint density at radius 3 is 2.63 bits per heavy atom. The first-order valence-electron chi connectivity index (χ1n) is 10.9. The Balaban J connectivity index is 1.43. The highest BCUT2D eigenvalue weighted by Gasteiger charge is 2.30. The van der Waals surface area contributed by atoms with Crippen molar-refractivity contribution in [1.29, 1.82) is 0 Å². The van der Waals surface area contributed by atoms with Crippen LogP contribution in [0.2, 0.25) is 0 Å². The number of hydrogen-bond donors (Lipinski definition) is 2. The van der Waals surface area contributed by atoms with Crippen molar-refractivity contribution in [1.82, 2.24) is 15.5 Å². The molecule has 1 aliphatic heterocycles. The Morgan fingerprint density at radius 2 is 2.00 bits per heavy atom. The van der Waals surface area contributed by atoms with Crippen molar-refractivity contribution in [2.75, 3.05) is 38.2 Å². The van der Waals surface area contributed by atoms with Gasteiger partial charge in [0, 0.05) is 50.1 Å². The zero-order valence-corrected chi connectivity index (χ0v) is 18.8. The molecular formula is C22H33FN4O2S. The Hall–Kier alpha value is -1.96. The molecule has 0 bridgehead atoms. The van der Waals surface area contributed by atoms with E-state index in [4.69, 9.17) is 4.74 Å². The molecule has 0 radical (unpaired) electrons. The van der Waals surface area contributed by atoms with Gasteiger partial charge >= 0.3 is 0 Å². The third-order valence-electron chi connectivity index (χ3n) is 5.72. The van der Waals surface area contributed by atoms with Gasteiger partial charge in [0.1, 0.15) is 0 Å². The molecule has 1 heterocycles. The Bertz CT molecular complexity index is 732. The van der Waals surface area contributed by atoms with Gasteiger partial charge in [0.2, 0.25) is 5.91 Å². The third-order valence-corrected chi connectivity index (χ3v) is 6.66. The van der Waals surface area contributed by atoms with Gasteiger partial charge in [-0.05, 0) is 50.3 Å². The summed E-state index contributed by atoms with van der Waals surface area (Å²) in [5, 5.41) is 6.70. The van der Waals surface area contributed by atoms with E-state index in [9.17, 15) is 9.18 Å². The SMILES string of the molecule is CCOc1ccc(CNC(=NC)NC2CCC(C(=O)N3CCSCC3)CC2)cc1F. The van der Waals surface area contributed by atoms with Gasteiger partial charge in [-0.1, -0.05) is 6.07 Å². The van der Waals surface area contributed by atoms with E-state index in [1.54, 1.807) is 13.1 Å². The topological polar surface area (TPSA) is 66.0 Å². The molecule has 1 aromatic carbocycles. The van der Waals surface area contributed by atoms with E-state index in [2.05, 4.69) is 15.6 Å². The molecule has 30 heavy (non-hydrogen) atoms. The fourth-order valence-electron chi connectivity index (χ4n) is 4.03. The minimum absolute atomic E-state index is 0.160. The molecule has 0 aromatic heterocycles. The van der Waals surface area contributed by atoms with Crippen LogP contribution in [-0.4, -0.2) is 61.1 Å². The smallest absolute Gasteiger partial charge is 0.225 e. The minimum atomic E-state index is -0.352. The maximum absolute atomic E-state index is 14.0. The number of guanidine groups is 1. The molecule has 1 aromatic rings. The number of carbonyl (C=O) groups is 1. The molecule has 6 nitrogen and oxygen atoms in total. The molecular weight excluding hydrogens is 403 g/mol. The van der Waals surface area contributed by atoms with Crippen LogP contribution in [0.15, 0.2) is 23.2 Å². The summed E-state index contributed by atoms with van der Waals surface area (Å²) in [6.07, 6.45) is 3.75. The van der Waals surface area contributed by atoms with E-state index in [1.807, 2.05) is 29.7 Å². The van der Waals surface area contributed by atoms with Crippen molar-refractivity contribution in [3.63, 3.8) is 0 Å². The number of carbonyl (C=O) groups excluding carboxylic acids is 1. The number of rotatable bonds is 6. The molecule has 1 saturated carbocycles. The van der Waals surface area contributed by atoms with Crippen molar-refractivity contribution < 1.29 is 13.9 Å². The summed E-state index contributed by atoms with van der Waals surface area (Å²) in [7, 11) is 1.73. The monoisotopic (exact) mass is 436 g/mol. The van der Waals surface area contributed by atoms with Crippen LogP contribution in [0.1, 0.15) is 38.2 Å². The van der Waals surface area contributed by atoms with Gasteiger partial charge in [0.25, 0.3) is 0 Å². The van der Waals surface area contributed by atoms with Crippen LogP contribution in [0.3, 0.4) is 0 Å². The summed E-state index contributed by atoms with van der Waals surface area (Å²) < 4.78 is 19.3. The molecule has 1 saturated heterocycles. The summed E-state index contributed by atoms with van der Waals surface area (Å²) >= 11 is 1.93. The molecule has 1 amide bonds. The number of amides is 1. The number of thioether (sulfide) groups is 1. The lowest BCUT2D eigenvalue weighted by Gasteiger charge is -2.34. The quantitative estimate of drug-likeness (QED) is 0.530. The number of halogens is 1. The molecule has 1 aliphatic carbocycles. The van der Waals surface area contributed by atoms with E-state index >= 15 is 0 Å². The lowest BCUT2D eigenvalue weighted by Crippen LogP contribution is -2.47. The maximum atomic E-state index is 14.0. The molecule has 2 aliphatic rings. The third kappa shape index (κ3) is 6.27. The van der Waals surface area contributed by atoms with Gasteiger partial charge in [0.05, 0.1) is 6.61 Å². The maximum Gasteiger partial charge on any atom is 0.225 e. The second kappa shape index (κ2) is 11.4. The van der Waals surface area contributed by atoms with Crippen molar-refractivity contribution in [2.45, 2.75) is 45.2 Å². The fourth-order valence-corrected chi connectivity index (χ4v) is 4.93. The van der Waals surface area contributed by atoms with Crippen LogP contribution >= 0.6 is 11.8 Å². The summed E-state index contributed by atoms with van der Waals surface area (Å²) in [4.78, 5) is 19.1. The number of hydrogen-bond acceptors (Lipinski definition) is 4. The van der Waals surface area contributed by atoms with E-state index in [1.165, 1.54) is 6.07 Å². The van der Waals surface area contributed by atoms with Gasteiger partial charge < -0.3 is 20.3 Å². The summed E-state index contributed by atoms with van der Waals surface area (Å²) in [5.41, 5.74) is 0.827. The zero-order valence-electron chi connectivity index (χ0n) is 18.0. The van der Waals surface area contributed by atoms with Crippen LogP contribution in [0.5, 0.6) is 5.75 Å². The van der Waals surface area contributed by atoms with Crippen LogP contribution in [0.25, 0.3) is 0 Å². The van der Waals surface area contributed by atoms with Gasteiger partial charge in [-0.25, -0.2) is 4.39 Å². The average molecular weight is 437 g/mol. The highest BCUT2D eigenvalue weighted by molar-refractivity contribution is 7.99. The first-order chi connectivity index (χ1) is 14.6. The van der Waals surface area contributed by atoms with E-state index < -0.39 is 0 Å². The van der Waals surface area contributed by atoms with Crippen molar-refractivity contribution in [2.24, 2.45) is 10.9 Å². The highest BCUT2D eigenvalue weighted by Crippen LogP contribution is 2.27. The zero-order chi connectivity index (χ0) is 21.3. The standard InChI is InChI=1S/C22H33FN4O2S/c1-3-29-20-9-4-16(14-19(20)23)15-25-22(24-2)26-18-7-5-17(6-8-18)21(28)27-10-12-30-13-11-27/h4,9,14,17-18H,3,5-8,10-13,15H2,1-2H3,(H2,24,25,26). The molecule has 2 fully saturated rings. The number of aliphatic imine (C=N–C) groups is 1. The second-order valence-corrected chi connectivity index (χ2v) is 8.98. The second-order valence-electron chi connectivity index (χ2n) is 7.75. The van der Waals surface area contributed by atoms with Crippen molar-refractivity contribution >= 4 is 23.6 Å². The molecule has 0 spiro atoms. The van der Waals surface area contributed by atoms with Crippen molar-refractivity contribution in [3.05, 3.63) is 29.6 Å². The number of ether oxygens (including phenoxy) is 1.